The third kappa shape index (κ3) is 4.56. The summed E-state index contributed by atoms with van der Waals surface area (Å²) in [6.07, 6.45) is 0.883. The number of nitrogens with one attached hydrogen (secondary N) is 2. The molecule has 21 heavy (non-hydrogen) atoms. The normalized spacial score (nSPS) is 10.7. The van der Waals surface area contributed by atoms with Crippen LogP contribution in [0.3, 0.4) is 0 Å². The summed E-state index contributed by atoms with van der Waals surface area (Å²) in [7, 11) is 1.68. The fraction of sp³-hybridized carbons (Fsp3) is 0.375. The van der Waals surface area contributed by atoms with E-state index in [-0.39, 0.29) is 0 Å². The lowest BCUT2D eigenvalue weighted by molar-refractivity contribution is 0.410. The highest BCUT2D eigenvalue weighted by Gasteiger charge is 2.04. The number of aromatic nitrogens is 2. The number of anilines is 1. The van der Waals surface area contributed by atoms with Crippen LogP contribution in [0.1, 0.15) is 25.2 Å². The van der Waals surface area contributed by atoms with Gasteiger partial charge in [0.1, 0.15) is 22.0 Å². The van der Waals surface area contributed by atoms with Crippen molar-refractivity contribution in [2.45, 2.75) is 26.8 Å². The second kappa shape index (κ2) is 7.22. The molecule has 2 aromatic rings. The average Bonchev–Trinajstić information content (AvgIpc) is 2.44. The maximum absolute atomic E-state index is 5.35. The third-order valence-electron chi connectivity index (χ3n) is 3.06. The van der Waals surface area contributed by atoms with E-state index in [1.165, 1.54) is 0 Å². The van der Waals surface area contributed by atoms with Crippen LogP contribution in [-0.2, 0) is 13.0 Å². The molecule has 0 saturated heterocycles. The van der Waals surface area contributed by atoms with Crippen LogP contribution in [-0.4, -0.2) is 17.1 Å². The van der Waals surface area contributed by atoms with Crippen LogP contribution >= 0.6 is 12.2 Å². The number of aromatic amines is 1. The summed E-state index contributed by atoms with van der Waals surface area (Å²) in [6, 6.07) is 9.79. The van der Waals surface area contributed by atoms with Crippen LogP contribution in [0.15, 0.2) is 30.3 Å². The molecular formula is C16H21N3OS. The van der Waals surface area contributed by atoms with E-state index >= 15 is 0 Å². The summed E-state index contributed by atoms with van der Waals surface area (Å²) in [5, 5.41) is 3.35. The Morgan fingerprint density at radius 2 is 2.10 bits per heavy atom. The summed E-state index contributed by atoms with van der Waals surface area (Å²) in [5.74, 6) is 3.21. The SMILES string of the molecule is COc1ccccc1CNc1cc(=S)nc(CC(C)C)[nH]1. The minimum absolute atomic E-state index is 0.535. The van der Waals surface area contributed by atoms with Crippen molar-refractivity contribution in [1.29, 1.82) is 0 Å². The molecule has 4 nitrogen and oxygen atoms in total. The molecule has 0 bridgehead atoms. The van der Waals surface area contributed by atoms with Crippen molar-refractivity contribution < 1.29 is 4.74 Å². The fourth-order valence-electron chi connectivity index (χ4n) is 2.13. The standard InChI is InChI=1S/C16H21N3OS/c1-11(2)8-15-18-14(9-16(21)19-15)17-10-12-6-4-5-7-13(12)20-3/h4-7,9,11H,8,10H2,1-3H3,(H2,17,18,19,21). The van der Waals surface area contributed by atoms with E-state index in [1.807, 2.05) is 30.3 Å². The number of methoxy groups -OCH3 is 1. The second-order valence-electron chi connectivity index (χ2n) is 5.34. The number of benzene rings is 1. The predicted molar refractivity (Wildman–Crippen MR) is 88.3 cm³/mol. The monoisotopic (exact) mass is 303 g/mol. The Bertz CT molecular complexity index is 652. The first-order chi connectivity index (χ1) is 10.1. The Morgan fingerprint density at radius 1 is 1.33 bits per heavy atom. The maximum Gasteiger partial charge on any atom is 0.131 e. The smallest absolute Gasteiger partial charge is 0.131 e. The number of rotatable bonds is 6. The highest BCUT2D eigenvalue weighted by atomic mass is 32.1. The molecule has 112 valence electrons. The Morgan fingerprint density at radius 3 is 2.81 bits per heavy atom. The molecule has 1 heterocycles. The zero-order chi connectivity index (χ0) is 15.2. The molecule has 0 radical (unpaired) electrons. The van der Waals surface area contributed by atoms with Crippen molar-refractivity contribution in [1.82, 2.24) is 9.97 Å². The van der Waals surface area contributed by atoms with Gasteiger partial charge in [-0.25, -0.2) is 4.98 Å². The molecule has 0 aliphatic rings. The Hall–Kier alpha value is -1.88. The number of para-hydroxylation sites is 1. The maximum atomic E-state index is 5.35. The zero-order valence-electron chi connectivity index (χ0n) is 12.6. The van der Waals surface area contributed by atoms with E-state index in [0.29, 0.717) is 17.1 Å². The number of hydrogen-bond donors (Lipinski definition) is 2. The molecule has 0 amide bonds. The number of hydrogen-bond acceptors (Lipinski definition) is 4. The van der Waals surface area contributed by atoms with E-state index in [9.17, 15) is 0 Å². The van der Waals surface area contributed by atoms with Gasteiger partial charge < -0.3 is 15.0 Å². The van der Waals surface area contributed by atoms with Gasteiger partial charge in [0.25, 0.3) is 0 Å². The summed E-state index contributed by atoms with van der Waals surface area (Å²) < 4.78 is 5.95. The third-order valence-corrected chi connectivity index (χ3v) is 3.26. The van der Waals surface area contributed by atoms with Gasteiger partial charge in [0.15, 0.2) is 0 Å². The summed E-state index contributed by atoms with van der Waals surface area (Å²) in [5.41, 5.74) is 1.10. The van der Waals surface area contributed by atoms with Crippen molar-refractivity contribution in [2.75, 3.05) is 12.4 Å². The lowest BCUT2D eigenvalue weighted by Crippen LogP contribution is -2.07. The van der Waals surface area contributed by atoms with E-state index in [2.05, 4.69) is 29.1 Å². The van der Waals surface area contributed by atoms with Gasteiger partial charge in [-0.15, -0.1) is 0 Å². The Labute approximate surface area is 130 Å². The van der Waals surface area contributed by atoms with Crippen LogP contribution in [0, 0.1) is 10.6 Å². The van der Waals surface area contributed by atoms with Gasteiger partial charge in [0.2, 0.25) is 0 Å². The summed E-state index contributed by atoms with van der Waals surface area (Å²) >= 11 is 5.22. The molecule has 1 aromatic heterocycles. The first-order valence-electron chi connectivity index (χ1n) is 7.04. The molecule has 0 saturated carbocycles. The molecule has 0 atom stereocenters. The van der Waals surface area contributed by atoms with Crippen LogP contribution < -0.4 is 10.1 Å². The molecule has 0 fully saturated rings. The second-order valence-corrected chi connectivity index (χ2v) is 5.76. The van der Waals surface area contributed by atoms with Gasteiger partial charge in [0, 0.05) is 24.6 Å². The number of nitrogens with zero attached hydrogens (tertiary/aromatic N) is 1. The molecule has 0 spiro atoms. The van der Waals surface area contributed by atoms with Gasteiger partial charge in [-0.05, 0) is 12.0 Å². The number of ether oxygens (including phenoxy) is 1. The lowest BCUT2D eigenvalue weighted by atomic mass is 10.1. The Balaban J connectivity index is 2.12. The molecule has 5 heteroatoms. The molecule has 0 unspecified atom stereocenters. The van der Waals surface area contributed by atoms with Gasteiger partial charge in [-0.2, -0.15) is 0 Å². The minimum atomic E-state index is 0.535. The summed E-state index contributed by atoms with van der Waals surface area (Å²) in [6.45, 7) is 4.99. The topological polar surface area (TPSA) is 49.9 Å². The van der Waals surface area contributed by atoms with Crippen molar-refractivity contribution in [3.8, 4) is 5.75 Å². The molecular weight excluding hydrogens is 282 g/mol. The first kappa shape index (κ1) is 15.5. The predicted octanol–water partition coefficient (Wildman–Crippen LogP) is 3.96. The van der Waals surface area contributed by atoms with Crippen molar-refractivity contribution in [3.63, 3.8) is 0 Å². The molecule has 1 aromatic carbocycles. The molecule has 2 rings (SSSR count). The minimum Gasteiger partial charge on any atom is -0.496 e. The van der Waals surface area contributed by atoms with Crippen molar-refractivity contribution in [2.24, 2.45) is 5.92 Å². The van der Waals surface area contributed by atoms with Crippen LogP contribution in [0.4, 0.5) is 5.82 Å². The van der Waals surface area contributed by atoms with Gasteiger partial charge in [-0.1, -0.05) is 44.3 Å². The van der Waals surface area contributed by atoms with Crippen LogP contribution in [0.5, 0.6) is 5.75 Å². The zero-order valence-corrected chi connectivity index (χ0v) is 13.5. The van der Waals surface area contributed by atoms with E-state index in [4.69, 9.17) is 17.0 Å². The van der Waals surface area contributed by atoms with E-state index in [0.717, 1.165) is 29.4 Å². The molecule has 0 aliphatic heterocycles. The highest BCUT2D eigenvalue weighted by molar-refractivity contribution is 7.71. The summed E-state index contributed by atoms with van der Waals surface area (Å²) in [4.78, 5) is 7.65. The van der Waals surface area contributed by atoms with Gasteiger partial charge in [-0.3, -0.25) is 0 Å². The molecule has 2 N–H and O–H groups in total. The van der Waals surface area contributed by atoms with Gasteiger partial charge >= 0.3 is 0 Å². The van der Waals surface area contributed by atoms with Crippen molar-refractivity contribution >= 4 is 18.0 Å². The van der Waals surface area contributed by atoms with E-state index < -0.39 is 0 Å². The van der Waals surface area contributed by atoms with Gasteiger partial charge in [0.05, 0.1) is 7.11 Å². The average molecular weight is 303 g/mol. The fourth-order valence-corrected chi connectivity index (χ4v) is 2.35. The van der Waals surface area contributed by atoms with E-state index in [1.54, 1.807) is 7.11 Å². The Kier molecular flexibility index (Phi) is 5.33. The highest BCUT2D eigenvalue weighted by Crippen LogP contribution is 2.18. The van der Waals surface area contributed by atoms with Crippen LogP contribution in [0.25, 0.3) is 0 Å². The molecule has 0 aliphatic carbocycles. The lowest BCUT2D eigenvalue weighted by Gasteiger charge is -2.12. The first-order valence-corrected chi connectivity index (χ1v) is 7.45. The quantitative estimate of drug-likeness (QED) is 0.793. The number of H-pyrrole nitrogens is 1. The van der Waals surface area contributed by atoms with Crippen molar-refractivity contribution in [3.05, 3.63) is 46.4 Å². The largest absolute Gasteiger partial charge is 0.496 e. The van der Waals surface area contributed by atoms with Crippen LogP contribution in [0.2, 0.25) is 0 Å².